The molecule has 0 aliphatic rings. The third-order valence-electron chi connectivity index (χ3n) is 2.69. The van der Waals surface area contributed by atoms with Crippen LogP contribution in [-0.4, -0.2) is 36.6 Å². The van der Waals surface area contributed by atoms with Crippen molar-refractivity contribution in [1.29, 1.82) is 0 Å². The van der Waals surface area contributed by atoms with Gasteiger partial charge in [0.1, 0.15) is 11.9 Å². The molecule has 0 unspecified atom stereocenters. The molecule has 0 aromatic carbocycles. The summed E-state index contributed by atoms with van der Waals surface area (Å²) in [7, 11) is -2.32. The standard InChI is InChI=1S/C12H15N4O3S/c1-10-3-4-12(15-14-10)11-5-6-16(13-9-11)7-8-20(17,18)19-2/h3-6,9H,7-8H2,1-2H3/q+1. The fourth-order valence-electron chi connectivity index (χ4n) is 1.51. The molecule has 106 valence electrons. The van der Waals surface area contributed by atoms with Crippen LogP contribution >= 0.6 is 0 Å². The molecule has 0 saturated heterocycles. The van der Waals surface area contributed by atoms with Gasteiger partial charge < -0.3 is 0 Å². The first-order valence-corrected chi connectivity index (χ1v) is 7.53. The Kier molecular flexibility index (Phi) is 4.35. The number of nitrogens with zero attached hydrogens (tertiary/aromatic N) is 4. The molecule has 0 saturated carbocycles. The van der Waals surface area contributed by atoms with Gasteiger partial charge >= 0.3 is 0 Å². The molecule has 0 N–H and O–H groups in total. The average Bonchev–Trinajstić information content (AvgIpc) is 2.47. The van der Waals surface area contributed by atoms with E-state index in [1.54, 1.807) is 12.4 Å². The number of hydrogen-bond donors (Lipinski definition) is 0. The molecule has 0 bridgehead atoms. The molecule has 0 spiro atoms. The Balaban J connectivity index is 2.08. The van der Waals surface area contributed by atoms with Crippen molar-refractivity contribution in [1.82, 2.24) is 15.3 Å². The number of aromatic nitrogens is 4. The molecule has 2 rings (SSSR count). The van der Waals surface area contributed by atoms with Crippen LogP contribution in [0.2, 0.25) is 0 Å². The van der Waals surface area contributed by atoms with Crippen molar-refractivity contribution < 1.29 is 17.3 Å². The zero-order valence-electron chi connectivity index (χ0n) is 11.2. The first kappa shape index (κ1) is 14.5. The molecule has 7 nitrogen and oxygen atoms in total. The van der Waals surface area contributed by atoms with Crippen molar-refractivity contribution in [3.8, 4) is 11.3 Å². The predicted molar refractivity (Wildman–Crippen MR) is 71.0 cm³/mol. The lowest BCUT2D eigenvalue weighted by Crippen LogP contribution is -2.40. The van der Waals surface area contributed by atoms with Crippen molar-refractivity contribution in [2.45, 2.75) is 13.5 Å². The minimum Gasteiger partial charge on any atom is -0.273 e. The van der Waals surface area contributed by atoms with Crippen molar-refractivity contribution in [3.63, 3.8) is 0 Å². The van der Waals surface area contributed by atoms with E-state index in [1.165, 1.54) is 4.68 Å². The number of hydrogen-bond acceptors (Lipinski definition) is 6. The maximum Gasteiger partial charge on any atom is 0.273 e. The van der Waals surface area contributed by atoms with E-state index in [1.807, 2.05) is 25.1 Å². The van der Waals surface area contributed by atoms with Crippen molar-refractivity contribution >= 4 is 10.1 Å². The Morgan fingerprint density at radius 2 is 2.05 bits per heavy atom. The topological polar surface area (TPSA) is 85.9 Å². The fraction of sp³-hybridized carbons (Fsp3) is 0.333. The first-order valence-electron chi connectivity index (χ1n) is 5.95. The van der Waals surface area contributed by atoms with Gasteiger partial charge in [-0.2, -0.15) is 18.6 Å². The zero-order valence-corrected chi connectivity index (χ0v) is 12.0. The third-order valence-corrected chi connectivity index (χ3v) is 3.88. The highest BCUT2D eigenvalue weighted by Gasteiger charge is 2.14. The van der Waals surface area contributed by atoms with Gasteiger partial charge in [0.25, 0.3) is 10.1 Å². The number of rotatable bonds is 5. The molecule has 0 atom stereocenters. The first-order chi connectivity index (χ1) is 9.50. The molecular weight excluding hydrogens is 280 g/mol. The van der Waals surface area contributed by atoms with Crippen molar-refractivity contribution in [2.24, 2.45) is 0 Å². The van der Waals surface area contributed by atoms with Gasteiger partial charge in [-0.1, -0.05) is 4.68 Å². The van der Waals surface area contributed by atoms with Gasteiger partial charge in [-0.3, -0.25) is 4.18 Å². The van der Waals surface area contributed by atoms with Crippen molar-refractivity contribution in [2.75, 3.05) is 12.9 Å². The molecule has 2 aromatic heterocycles. The molecule has 20 heavy (non-hydrogen) atoms. The maximum absolute atomic E-state index is 11.2. The van der Waals surface area contributed by atoms with E-state index < -0.39 is 10.1 Å². The Morgan fingerprint density at radius 3 is 2.60 bits per heavy atom. The van der Waals surface area contributed by atoms with Gasteiger partial charge in [-0.15, -0.1) is 0 Å². The van der Waals surface area contributed by atoms with Crippen LogP contribution in [0, 0.1) is 6.92 Å². The van der Waals surface area contributed by atoms with Gasteiger partial charge in [-0.05, 0) is 24.2 Å². The maximum atomic E-state index is 11.2. The van der Waals surface area contributed by atoms with Gasteiger partial charge in [0.15, 0.2) is 12.7 Å². The second kappa shape index (κ2) is 6.02. The van der Waals surface area contributed by atoms with Gasteiger partial charge in [-0.25, -0.2) is 0 Å². The lowest BCUT2D eigenvalue weighted by molar-refractivity contribution is -0.750. The van der Waals surface area contributed by atoms with E-state index >= 15 is 0 Å². The van der Waals surface area contributed by atoms with E-state index in [2.05, 4.69) is 19.5 Å². The van der Waals surface area contributed by atoms with Crippen LogP contribution < -0.4 is 4.68 Å². The highest BCUT2D eigenvalue weighted by Crippen LogP contribution is 2.12. The van der Waals surface area contributed by atoms with Crippen LogP contribution in [0.1, 0.15) is 5.69 Å². The van der Waals surface area contributed by atoms with Crippen LogP contribution in [0.15, 0.2) is 30.6 Å². The summed E-state index contributed by atoms with van der Waals surface area (Å²) >= 11 is 0. The largest absolute Gasteiger partial charge is 0.273 e. The summed E-state index contributed by atoms with van der Waals surface area (Å²) in [6, 6.07) is 5.54. The quantitative estimate of drug-likeness (QED) is 0.575. The van der Waals surface area contributed by atoms with Crippen LogP contribution in [-0.2, 0) is 20.8 Å². The molecule has 0 fully saturated rings. The molecule has 8 heteroatoms. The second-order valence-electron chi connectivity index (χ2n) is 4.17. The van der Waals surface area contributed by atoms with Crippen LogP contribution in [0.4, 0.5) is 0 Å². The smallest absolute Gasteiger partial charge is 0.273 e. The molecule has 0 aliphatic heterocycles. The Morgan fingerprint density at radius 1 is 1.25 bits per heavy atom. The van der Waals surface area contributed by atoms with E-state index in [0.717, 1.165) is 24.1 Å². The van der Waals surface area contributed by atoms with Gasteiger partial charge in [0.2, 0.25) is 0 Å². The van der Waals surface area contributed by atoms with Gasteiger partial charge in [0.05, 0.1) is 18.5 Å². The van der Waals surface area contributed by atoms with E-state index in [4.69, 9.17) is 0 Å². The average molecular weight is 295 g/mol. The zero-order chi connectivity index (χ0) is 14.6. The molecular formula is C12H15N4O3S+. The molecule has 0 radical (unpaired) electrons. The molecule has 2 heterocycles. The molecule has 0 aliphatic carbocycles. The normalized spacial score (nSPS) is 11.5. The minimum atomic E-state index is -3.47. The van der Waals surface area contributed by atoms with Crippen LogP contribution in [0.3, 0.4) is 0 Å². The number of aryl methyl sites for hydroxylation is 2. The predicted octanol–water partition coefficient (Wildman–Crippen LogP) is 0.111. The van der Waals surface area contributed by atoms with Crippen molar-refractivity contribution in [3.05, 3.63) is 36.3 Å². The van der Waals surface area contributed by atoms with Gasteiger partial charge in [0, 0.05) is 11.6 Å². The summed E-state index contributed by atoms with van der Waals surface area (Å²) in [5.74, 6) is -0.120. The summed E-state index contributed by atoms with van der Waals surface area (Å²) in [5.41, 5.74) is 2.39. The van der Waals surface area contributed by atoms with Crippen LogP contribution in [0.25, 0.3) is 11.3 Å². The highest BCUT2D eigenvalue weighted by molar-refractivity contribution is 7.86. The minimum absolute atomic E-state index is 0.120. The summed E-state index contributed by atoms with van der Waals surface area (Å²) in [6.45, 7) is 2.10. The lowest BCUT2D eigenvalue weighted by atomic mass is 10.2. The lowest BCUT2D eigenvalue weighted by Gasteiger charge is -1.99. The van der Waals surface area contributed by atoms with Crippen LogP contribution in [0.5, 0.6) is 0 Å². The summed E-state index contributed by atoms with van der Waals surface area (Å²) in [6.07, 6.45) is 3.32. The molecule has 2 aromatic rings. The summed E-state index contributed by atoms with van der Waals surface area (Å²) in [5, 5.41) is 12.2. The highest BCUT2D eigenvalue weighted by atomic mass is 32.2. The Labute approximate surface area is 117 Å². The van der Waals surface area contributed by atoms with E-state index in [0.29, 0.717) is 0 Å². The SMILES string of the molecule is COS(=O)(=O)CC[n+]1ccc(-c2ccc(C)nn2)cn1. The summed E-state index contributed by atoms with van der Waals surface area (Å²) < 4.78 is 28.3. The molecule has 0 amide bonds. The monoisotopic (exact) mass is 295 g/mol. The fourth-order valence-corrected chi connectivity index (χ4v) is 2.09. The Hall–Kier alpha value is -1.93. The van der Waals surface area contributed by atoms with E-state index in [-0.39, 0.29) is 12.3 Å². The summed E-state index contributed by atoms with van der Waals surface area (Å²) in [4.78, 5) is 0. The third kappa shape index (κ3) is 3.78. The second-order valence-corrected chi connectivity index (χ2v) is 6.02. The Bertz CT molecular complexity index is 669. The van der Waals surface area contributed by atoms with E-state index in [9.17, 15) is 8.42 Å².